The molecule has 0 fully saturated rings. The number of aryl methyl sites for hydroxylation is 2. The first-order chi connectivity index (χ1) is 11.9. The average molecular weight is 359 g/mol. The van der Waals surface area contributed by atoms with Crippen molar-refractivity contribution in [1.29, 1.82) is 0 Å². The van der Waals surface area contributed by atoms with Crippen LogP contribution < -0.4 is 0 Å². The Morgan fingerprint density at radius 2 is 1.80 bits per heavy atom. The molecule has 1 aromatic heterocycles. The van der Waals surface area contributed by atoms with Gasteiger partial charge in [0.15, 0.2) is 0 Å². The lowest BCUT2D eigenvalue weighted by molar-refractivity contribution is -0.137. The van der Waals surface area contributed by atoms with Crippen molar-refractivity contribution >= 4 is 23.4 Å². The van der Waals surface area contributed by atoms with Crippen LogP contribution in [0.4, 0.5) is 0 Å². The summed E-state index contributed by atoms with van der Waals surface area (Å²) in [7, 11) is 0. The maximum atomic E-state index is 11.4. The molecule has 0 spiro atoms. The molecule has 0 amide bonds. The molecule has 0 atom stereocenters. The third-order valence-corrected chi connectivity index (χ3v) is 5.17. The Kier molecular flexibility index (Phi) is 9.22. The second-order valence-corrected chi connectivity index (χ2v) is 7.23. The van der Waals surface area contributed by atoms with Gasteiger partial charge in [-0.25, -0.2) is 4.79 Å². The van der Waals surface area contributed by atoms with Gasteiger partial charge < -0.3 is 4.74 Å². The first-order valence-electron chi connectivity index (χ1n) is 8.92. The standard InChI is InChI=1S/C22H30O2S/c1-7-19-18(6)25-21(8-2)20(19)14-13-16(4)11-10-12-17(5)15-22(23)24-9-3/h10-15H,7-9H2,1-6H3. The van der Waals surface area contributed by atoms with Gasteiger partial charge >= 0.3 is 5.97 Å². The highest BCUT2D eigenvalue weighted by Crippen LogP contribution is 2.30. The van der Waals surface area contributed by atoms with E-state index in [1.807, 2.05) is 30.4 Å². The van der Waals surface area contributed by atoms with E-state index in [4.69, 9.17) is 4.74 Å². The molecule has 25 heavy (non-hydrogen) atoms. The van der Waals surface area contributed by atoms with E-state index < -0.39 is 0 Å². The molecule has 0 aliphatic heterocycles. The van der Waals surface area contributed by atoms with E-state index in [0.29, 0.717) is 6.61 Å². The van der Waals surface area contributed by atoms with Crippen molar-refractivity contribution < 1.29 is 9.53 Å². The zero-order valence-electron chi connectivity index (χ0n) is 16.3. The van der Waals surface area contributed by atoms with E-state index in [-0.39, 0.29) is 5.97 Å². The van der Waals surface area contributed by atoms with Gasteiger partial charge in [-0.1, -0.05) is 49.8 Å². The molecule has 0 saturated heterocycles. The molecular formula is C22H30O2S. The highest BCUT2D eigenvalue weighted by Gasteiger charge is 2.10. The lowest BCUT2D eigenvalue weighted by Gasteiger charge is -2.00. The molecule has 2 nitrogen and oxygen atoms in total. The van der Waals surface area contributed by atoms with Gasteiger partial charge in [0.2, 0.25) is 0 Å². The van der Waals surface area contributed by atoms with Crippen molar-refractivity contribution in [1.82, 2.24) is 0 Å². The van der Waals surface area contributed by atoms with Crippen LogP contribution in [0, 0.1) is 6.92 Å². The molecule has 0 saturated carbocycles. The van der Waals surface area contributed by atoms with Crippen LogP contribution in [0.5, 0.6) is 0 Å². The lowest BCUT2D eigenvalue weighted by Crippen LogP contribution is -1.99. The second kappa shape index (κ2) is 10.9. The van der Waals surface area contributed by atoms with Crippen molar-refractivity contribution in [2.45, 2.75) is 54.4 Å². The first kappa shape index (κ1) is 21.2. The van der Waals surface area contributed by atoms with Crippen molar-refractivity contribution in [3.63, 3.8) is 0 Å². The number of esters is 1. The quantitative estimate of drug-likeness (QED) is 0.314. The predicted octanol–water partition coefficient (Wildman–Crippen LogP) is 6.21. The number of carbonyl (C=O) groups is 1. The number of hydrogen-bond acceptors (Lipinski definition) is 3. The zero-order valence-corrected chi connectivity index (χ0v) is 17.1. The van der Waals surface area contributed by atoms with E-state index in [1.165, 1.54) is 32.5 Å². The molecule has 1 heterocycles. The van der Waals surface area contributed by atoms with Crippen LogP contribution in [0.2, 0.25) is 0 Å². The Hall–Kier alpha value is -1.87. The fourth-order valence-electron chi connectivity index (χ4n) is 2.59. The van der Waals surface area contributed by atoms with Gasteiger partial charge in [-0.3, -0.25) is 0 Å². The van der Waals surface area contributed by atoms with Crippen molar-refractivity contribution in [3.05, 3.63) is 62.4 Å². The van der Waals surface area contributed by atoms with Crippen molar-refractivity contribution in [3.8, 4) is 0 Å². The largest absolute Gasteiger partial charge is 0.463 e. The maximum Gasteiger partial charge on any atom is 0.330 e. The first-order valence-corrected chi connectivity index (χ1v) is 9.73. The number of carbonyl (C=O) groups excluding carboxylic acids is 1. The molecule has 0 radical (unpaired) electrons. The van der Waals surface area contributed by atoms with Gasteiger partial charge in [0.25, 0.3) is 0 Å². The van der Waals surface area contributed by atoms with Crippen molar-refractivity contribution in [2.75, 3.05) is 6.61 Å². The molecule has 0 bridgehead atoms. The molecule has 0 unspecified atom stereocenters. The molecule has 0 aliphatic carbocycles. The van der Waals surface area contributed by atoms with Gasteiger partial charge in [0.05, 0.1) is 6.61 Å². The van der Waals surface area contributed by atoms with Crippen LogP contribution in [-0.4, -0.2) is 12.6 Å². The highest BCUT2D eigenvalue weighted by atomic mass is 32.1. The molecule has 0 aliphatic rings. The van der Waals surface area contributed by atoms with Gasteiger partial charge in [-0.2, -0.15) is 0 Å². The molecule has 0 aromatic carbocycles. The van der Waals surface area contributed by atoms with Gasteiger partial charge in [-0.05, 0) is 57.2 Å². The van der Waals surface area contributed by atoms with Crippen LogP contribution in [-0.2, 0) is 22.4 Å². The summed E-state index contributed by atoms with van der Waals surface area (Å²) < 4.78 is 4.90. The van der Waals surface area contributed by atoms with Gasteiger partial charge in [0.1, 0.15) is 0 Å². The van der Waals surface area contributed by atoms with Crippen molar-refractivity contribution in [2.24, 2.45) is 0 Å². The molecular weight excluding hydrogens is 328 g/mol. The fourth-order valence-corrected chi connectivity index (χ4v) is 3.79. The minimum atomic E-state index is -0.294. The van der Waals surface area contributed by atoms with E-state index >= 15 is 0 Å². The Labute approximate surface area is 156 Å². The summed E-state index contributed by atoms with van der Waals surface area (Å²) in [5.74, 6) is -0.294. The predicted molar refractivity (Wildman–Crippen MR) is 110 cm³/mol. The summed E-state index contributed by atoms with van der Waals surface area (Å²) in [4.78, 5) is 14.3. The third kappa shape index (κ3) is 6.87. The summed E-state index contributed by atoms with van der Waals surface area (Å²) in [6, 6.07) is 0. The van der Waals surface area contributed by atoms with Crippen LogP contribution in [0.3, 0.4) is 0 Å². The number of allylic oxidation sites excluding steroid dienone is 6. The lowest BCUT2D eigenvalue weighted by atomic mass is 10.0. The summed E-state index contributed by atoms with van der Waals surface area (Å²) in [5.41, 5.74) is 4.91. The number of ether oxygens (including phenoxy) is 1. The Balaban J connectivity index is 2.83. The van der Waals surface area contributed by atoms with Crippen LogP contribution >= 0.6 is 11.3 Å². The normalized spacial score (nSPS) is 13.2. The van der Waals surface area contributed by atoms with E-state index in [9.17, 15) is 4.79 Å². The molecule has 3 heteroatoms. The highest BCUT2D eigenvalue weighted by molar-refractivity contribution is 7.12. The second-order valence-electron chi connectivity index (χ2n) is 5.92. The topological polar surface area (TPSA) is 26.3 Å². The Morgan fingerprint density at radius 1 is 1.08 bits per heavy atom. The third-order valence-electron chi connectivity index (χ3n) is 3.86. The van der Waals surface area contributed by atoms with Gasteiger partial charge in [-0.15, -0.1) is 11.3 Å². The van der Waals surface area contributed by atoms with Crippen LogP contribution in [0.25, 0.3) is 6.08 Å². The minimum absolute atomic E-state index is 0.294. The fraction of sp³-hybridized carbons (Fsp3) is 0.409. The number of thiophene rings is 1. The Bertz CT molecular complexity index is 700. The maximum absolute atomic E-state index is 11.4. The van der Waals surface area contributed by atoms with E-state index in [2.05, 4.69) is 45.9 Å². The Morgan fingerprint density at radius 3 is 2.40 bits per heavy atom. The van der Waals surface area contributed by atoms with Crippen LogP contribution in [0.1, 0.15) is 55.5 Å². The number of rotatable bonds is 8. The van der Waals surface area contributed by atoms with Crippen LogP contribution in [0.15, 0.2) is 41.5 Å². The molecule has 0 N–H and O–H groups in total. The molecule has 1 rings (SSSR count). The smallest absolute Gasteiger partial charge is 0.330 e. The summed E-state index contributed by atoms with van der Waals surface area (Å²) in [5, 5.41) is 0. The monoisotopic (exact) mass is 358 g/mol. The SMILES string of the molecule is CCOC(=O)C=C(C)C=CC=C(C)C=Cc1c(CC)sc(C)c1CC. The minimum Gasteiger partial charge on any atom is -0.463 e. The average Bonchev–Trinajstić information content (AvgIpc) is 2.87. The van der Waals surface area contributed by atoms with Gasteiger partial charge in [0, 0.05) is 15.8 Å². The summed E-state index contributed by atoms with van der Waals surface area (Å²) in [6.07, 6.45) is 14.0. The molecule has 1 aromatic rings. The number of hydrogen-bond donors (Lipinski definition) is 0. The summed E-state index contributed by atoms with van der Waals surface area (Å²) in [6.45, 7) is 12.8. The summed E-state index contributed by atoms with van der Waals surface area (Å²) >= 11 is 1.91. The van der Waals surface area contributed by atoms with E-state index in [1.54, 1.807) is 6.92 Å². The molecule has 136 valence electrons. The zero-order chi connectivity index (χ0) is 18.8. The van der Waals surface area contributed by atoms with E-state index in [0.717, 1.165) is 18.4 Å².